The summed E-state index contributed by atoms with van der Waals surface area (Å²) in [5.41, 5.74) is 17.8. The van der Waals surface area contributed by atoms with Gasteiger partial charge in [-0.3, -0.25) is 5.41 Å². The van der Waals surface area contributed by atoms with Crippen LogP contribution in [0.4, 0.5) is 0 Å². The van der Waals surface area contributed by atoms with Gasteiger partial charge in [-0.15, -0.1) is 11.3 Å². The molecule has 0 bridgehead atoms. The molecule has 0 aliphatic rings. The summed E-state index contributed by atoms with van der Waals surface area (Å²) in [6.07, 6.45) is 0. The van der Waals surface area contributed by atoms with Crippen molar-refractivity contribution in [2.75, 3.05) is 0 Å². The molecule has 4 nitrogen and oxygen atoms in total. The van der Waals surface area contributed by atoms with Crippen LogP contribution in [0.15, 0.2) is 197 Å². The average molecular weight is 740 g/mol. The Labute approximate surface area is 329 Å². The maximum Gasteiger partial charge on any atom is 0.154 e. The molecule has 0 fully saturated rings. The zero-order valence-electron chi connectivity index (χ0n) is 30.7. The first kappa shape index (κ1) is 34.7. The Morgan fingerprint density at radius 1 is 0.500 bits per heavy atom. The second-order valence-corrected chi connectivity index (χ2v) is 14.9. The number of furan rings is 1. The minimum atomic E-state index is 0.0866. The topological polar surface area (TPSA) is 75.4 Å². The van der Waals surface area contributed by atoms with Crippen molar-refractivity contribution in [2.24, 2.45) is 10.7 Å². The van der Waals surface area contributed by atoms with Gasteiger partial charge < -0.3 is 10.2 Å². The molecular formula is C51H37N3OS. The SMILES string of the molecule is Cc1ccccc1.N=C(N=C(N)c1ccc(-c2cccc3sc4ccc(-c5cccc(-c6ccccc6)c5)cc4c23)cc1)c1ccc2c(c1)oc1ccccc12. The number of aryl methyl sites for hydroxylation is 1. The number of para-hydroxylation sites is 1. The van der Waals surface area contributed by atoms with Crippen LogP contribution in [0.2, 0.25) is 0 Å². The molecule has 56 heavy (non-hydrogen) atoms. The molecule has 0 unspecified atom stereocenters. The van der Waals surface area contributed by atoms with Crippen molar-refractivity contribution in [3.05, 3.63) is 205 Å². The molecule has 0 saturated heterocycles. The third-order valence-corrected chi connectivity index (χ3v) is 11.3. The lowest BCUT2D eigenvalue weighted by Crippen LogP contribution is -2.15. The van der Waals surface area contributed by atoms with Gasteiger partial charge >= 0.3 is 0 Å². The van der Waals surface area contributed by atoms with Crippen molar-refractivity contribution < 1.29 is 4.42 Å². The zero-order chi connectivity index (χ0) is 38.0. The van der Waals surface area contributed by atoms with E-state index < -0.39 is 0 Å². The molecule has 2 heterocycles. The van der Waals surface area contributed by atoms with Crippen molar-refractivity contribution in [2.45, 2.75) is 6.92 Å². The summed E-state index contributed by atoms with van der Waals surface area (Å²) in [7, 11) is 0. The molecule has 0 spiro atoms. The lowest BCUT2D eigenvalue weighted by molar-refractivity contribution is 0.669. The van der Waals surface area contributed by atoms with Gasteiger partial charge in [0.05, 0.1) is 0 Å². The Hall–Kier alpha value is -7.08. The fourth-order valence-corrected chi connectivity index (χ4v) is 8.35. The first-order chi connectivity index (χ1) is 27.5. The molecule has 0 saturated carbocycles. The van der Waals surface area contributed by atoms with Crippen molar-refractivity contribution in [3.63, 3.8) is 0 Å². The van der Waals surface area contributed by atoms with E-state index in [9.17, 15) is 0 Å². The van der Waals surface area contributed by atoms with Gasteiger partial charge in [0.2, 0.25) is 0 Å². The maximum absolute atomic E-state index is 8.67. The molecule has 0 aliphatic carbocycles. The van der Waals surface area contributed by atoms with Gasteiger partial charge in [-0.1, -0.05) is 151 Å². The van der Waals surface area contributed by atoms with Crippen LogP contribution in [-0.4, -0.2) is 11.7 Å². The van der Waals surface area contributed by atoms with Crippen molar-refractivity contribution in [1.29, 1.82) is 5.41 Å². The van der Waals surface area contributed by atoms with Gasteiger partial charge in [0.25, 0.3) is 0 Å². The van der Waals surface area contributed by atoms with Gasteiger partial charge in [-0.2, -0.15) is 0 Å². The first-order valence-corrected chi connectivity index (χ1v) is 19.4. The minimum absolute atomic E-state index is 0.0866. The third kappa shape index (κ3) is 6.88. The van der Waals surface area contributed by atoms with Crippen molar-refractivity contribution in [3.8, 4) is 33.4 Å². The number of aliphatic imine (C=N–C) groups is 1. The smallest absolute Gasteiger partial charge is 0.154 e. The van der Waals surface area contributed by atoms with Crippen LogP contribution in [0.5, 0.6) is 0 Å². The molecule has 268 valence electrons. The normalized spacial score (nSPS) is 11.6. The van der Waals surface area contributed by atoms with E-state index in [1.807, 2.05) is 90.2 Å². The zero-order valence-corrected chi connectivity index (χ0v) is 31.6. The molecule has 8 aromatic carbocycles. The highest BCUT2D eigenvalue weighted by Gasteiger charge is 2.14. The van der Waals surface area contributed by atoms with Crippen LogP contribution in [0, 0.1) is 12.3 Å². The first-order valence-electron chi connectivity index (χ1n) is 18.6. The molecule has 0 atom stereocenters. The van der Waals surface area contributed by atoms with Crippen LogP contribution in [0.1, 0.15) is 16.7 Å². The minimum Gasteiger partial charge on any atom is -0.456 e. The molecule has 10 aromatic rings. The monoisotopic (exact) mass is 739 g/mol. The van der Waals surface area contributed by atoms with E-state index in [4.69, 9.17) is 15.6 Å². The Morgan fingerprint density at radius 3 is 1.89 bits per heavy atom. The predicted octanol–water partition coefficient (Wildman–Crippen LogP) is 13.7. The number of rotatable bonds is 5. The van der Waals surface area contributed by atoms with Gasteiger partial charge in [-0.05, 0) is 82.8 Å². The van der Waals surface area contributed by atoms with E-state index in [0.717, 1.165) is 33.1 Å². The van der Waals surface area contributed by atoms with Crippen LogP contribution >= 0.6 is 11.3 Å². The maximum atomic E-state index is 8.67. The number of fused-ring (bicyclic) bond motifs is 6. The van der Waals surface area contributed by atoms with Gasteiger partial charge in [0.15, 0.2) is 5.84 Å². The summed E-state index contributed by atoms with van der Waals surface area (Å²) in [4.78, 5) is 4.46. The number of hydrogen-bond acceptors (Lipinski definition) is 3. The summed E-state index contributed by atoms with van der Waals surface area (Å²) in [5, 5.41) is 13.2. The van der Waals surface area contributed by atoms with Gasteiger partial charge in [0, 0.05) is 42.1 Å². The Bertz CT molecular complexity index is 3050. The van der Waals surface area contributed by atoms with Crippen LogP contribution in [0.25, 0.3) is 75.5 Å². The Kier molecular flexibility index (Phi) is 9.27. The van der Waals surface area contributed by atoms with Crippen LogP contribution < -0.4 is 5.73 Å². The fraction of sp³-hybridized carbons (Fsp3) is 0.0196. The Balaban J connectivity index is 0.000000530. The second-order valence-electron chi connectivity index (χ2n) is 13.8. The summed E-state index contributed by atoms with van der Waals surface area (Å²) in [5.74, 6) is 0.381. The number of hydrogen-bond donors (Lipinski definition) is 2. The van der Waals surface area contributed by atoms with Crippen molar-refractivity contribution >= 4 is 65.1 Å². The standard InChI is InChI=1S/C44H29N3OS.C7H8/c45-43(47-44(46)33-20-22-36-35-12-4-5-14-38(35)48-39(36)26-33)29-18-16-28(17-19-29)34-13-7-15-41-42(34)37-25-32(21-23-40(37)49-41)31-11-6-10-30(24-31)27-8-2-1-3-9-27;1-7-5-3-2-4-6-7/h1-26H,(H3,45,46,47);2-6H,1H3. The molecule has 0 radical (unpaired) electrons. The molecule has 0 aliphatic heterocycles. The van der Waals surface area contributed by atoms with E-state index in [-0.39, 0.29) is 5.84 Å². The van der Waals surface area contributed by atoms with E-state index in [1.165, 1.54) is 53.6 Å². The Morgan fingerprint density at radius 2 is 1.12 bits per heavy atom. The fourth-order valence-electron chi connectivity index (χ4n) is 7.23. The lowest BCUT2D eigenvalue weighted by atomic mass is 9.95. The molecule has 0 amide bonds. The quantitative estimate of drug-likeness (QED) is 0.136. The highest BCUT2D eigenvalue weighted by Crippen LogP contribution is 2.42. The molecule has 3 N–H and O–H groups in total. The number of benzene rings is 8. The van der Waals surface area contributed by atoms with Crippen molar-refractivity contribution in [1.82, 2.24) is 0 Å². The second kappa shape index (κ2) is 15.0. The largest absolute Gasteiger partial charge is 0.456 e. The summed E-state index contributed by atoms with van der Waals surface area (Å²) < 4.78 is 8.53. The number of nitrogens with zero attached hydrogens (tertiary/aromatic N) is 1. The molecule has 2 aromatic heterocycles. The molecule has 5 heteroatoms. The average Bonchev–Trinajstić information content (AvgIpc) is 3.82. The predicted molar refractivity (Wildman–Crippen MR) is 238 cm³/mol. The summed E-state index contributed by atoms with van der Waals surface area (Å²) in [6, 6.07) is 64.7. The lowest BCUT2D eigenvalue weighted by Gasteiger charge is -2.09. The van der Waals surface area contributed by atoms with Gasteiger partial charge in [0.1, 0.15) is 17.0 Å². The number of amidine groups is 2. The highest BCUT2D eigenvalue weighted by molar-refractivity contribution is 7.26. The number of thiophene rings is 1. The number of nitrogens with two attached hydrogens (primary N) is 1. The van der Waals surface area contributed by atoms with Gasteiger partial charge in [-0.25, -0.2) is 4.99 Å². The summed E-state index contributed by atoms with van der Waals surface area (Å²) in [6.45, 7) is 2.08. The van der Waals surface area contributed by atoms with E-state index in [2.05, 4.69) is 121 Å². The number of nitrogens with one attached hydrogen (secondary N) is 1. The van der Waals surface area contributed by atoms with E-state index >= 15 is 0 Å². The van der Waals surface area contributed by atoms with Crippen LogP contribution in [-0.2, 0) is 0 Å². The molecule has 10 rings (SSSR count). The molecular weight excluding hydrogens is 703 g/mol. The third-order valence-electron chi connectivity index (χ3n) is 10.1. The van der Waals surface area contributed by atoms with Crippen LogP contribution in [0.3, 0.4) is 0 Å². The highest BCUT2D eigenvalue weighted by atomic mass is 32.1. The van der Waals surface area contributed by atoms with E-state index in [0.29, 0.717) is 11.4 Å². The van der Waals surface area contributed by atoms with E-state index in [1.54, 1.807) is 0 Å². The summed E-state index contributed by atoms with van der Waals surface area (Å²) >= 11 is 1.82.